The van der Waals surface area contributed by atoms with Gasteiger partial charge in [-0.3, -0.25) is 0 Å². The molecule has 0 aromatic carbocycles. The van der Waals surface area contributed by atoms with Crippen LogP contribution in [-0.4, -0.2) is 6.04 Å². The van der Waals surface area contributed by atoms with Gasteiger partial charge in [0.25, 0.3) is 0 Å². The van der Waals surface area contributed by atoms with Crippen LogP contribution in [0.4, 0.5) is 5.00 Å². The van der Waals surface area contributed by atoms with Gasteiger partial charge in [-0.2, -0.15) is 5.26 Å². The minimum atomic E-state index is 0.290. The number of nitrogens with one attached hydrogen (secondary N) is 1. The van der Waals surface area contributed by atoms with E-state index in [4.69, 9.17) is 5.26 Å². The Morgan fingerprint density at radius 1 is 1.40 bits per heavy atom. The van der Waals surface area contributed by atoms with E-state index in [1.807, 2.05) is 0 Å². The van der Waals surface area contributed by atoms with Gasteiger partial charge in [-0.1, -0.05) is 0 Å². The summed E-state index contributed by atoms with van der Waals surface area (Å²) < 4.78 is 1.14. The molecule has 1 aliphatic rings. The molecule has 0 saturated heterocycles. The summed E-state index contributed by atoms with van der Waals surface area (Å²) in [6.45, 7) is 0. The fraction of sp³-hybridized carbons (Fsp3) is 0.545. The van der Waals surface area contributed by atoms with E-state index >= 15 is 0 Å². The fourth-order valence-electron chi connectivity index (χ4n) is 1.96. The first kappa shape index (κ1) is 11.0. The summed E-state index contributed by atoms with van der Waals surface area (Å²) in [5.74, 6) is 0.290. The van der Waals surface area contributed by atoms with Gasteiger partial charge in [-0.15, -0.1) is 11.3 Å². The highest BCUT2D eigenvalue weighted by Crippen LogP contribution is 2.30. The SMILES string of the molecule is N#CC1CCC(Nc2cc(Br)cs2)CC1. The van der Waals surface area contributed by atoms with Gasteiger partial charge in [0.1, 0.15) is 0 Å². The summed E-state index contributed by atoms with van der Waals surface area (Å²) in [5, 5.41) is 15.6. The van der Waals surface area contributed by atoms with Gasteiger partial charge in [0.05, 0.1) is 11.1 Å². The summed E-state index contributed by atoms with van der Waals surface area (Å²) in [4.78, 5) is 0. The minimum Gasteiger partial charge on any atom is -0.374 e. The third-order valence-corrected chi connectivity index (χ3v) is 4.45. The van der Waals surface area contributed by atoms with Crippen LogP contribution in [0.3, 0.4) is 0 Å². The van der Waals surface area contributed by atoms with Crippen LogP contribution in [0.5, 0.6) is 0 Å². The molecule has 0 aliphatic heterocycles. The smallest absolute Gasteiger partial charge is 0.0896 e. The van der Waals surface area contributed by atoms with Crippen molar-refractivity contribution in [3.8, 4) is 6.07 Å². The molecular weight excluding hydrogens is 272 g/mol. The van der Waals surface area contributed by atoms with Crippen LogP contribution in [0.1, 0.15) is 25.7 Å². The average molecular weight is 285 g/mol. The van der Waals surface area contributed by atoms with Gasteiger partial charge in [0, 0.05) is 21.8 Å². The summed E-state index contributed by atoms with van der Waals surface area (Å²) in [6.07, 6.45) is 4.32. The zero-order chi connectivity index (χ0) is 10.7. The second kappa shape index (κ2) is 5.00. The summed E-state index contributed by atoms with van der Waals surface area (Å²) in [6, 6.07) is 5.03. The Morgan fingerprint density at radius 2 is 2.13 bits per heavy atom. The van der Waals surface area contributed by atoms with E-state index < -0.39 is 0 Å². The number of hydrogen-bond acceptors (Lipinski definition) is 3. The maximum absolute atomic E-state index is 8.80. The van der Waals surface area contributed by atoms with Crippen LogP contribution >= 0.6 is 27.3 Å². The Labute approximate surface area is 102 Å². The maximum Gasteiger partial charge on any atom is 0.0896 e. The fourth-order valence-corrected chi connectivity index (χ4v) is 3.35. The Bertz CT molecular complexity index is 361. The minimum absolute atomic E-state index is 0.290. The Kier molecular flexibility index (Phi) is 3.66. The quantitative estimate of drug-likeness (QED) is 0.891. The van der Waals surface area contributed by atoms with Crippen molar-refractivity contribution >= 4 is 32.3 Å². The Hall–Kier alpha value is -0.530. The van der Waals surface area contributed by atoms with Crippen LogP contribution in [-0.2, 0) is 0 Å². The third kappa shape index (κ3) is 2.96. The molecular formula is C11H13BrN2S. The molecule has 1 saturated carbocycles. The van der Waals surface area contributed by atoms with Gasteiger partial charge in [-0.05, 0) is 47.7 Å². The number of rotatable bonds is 2. The number of thiophene rings is 1. The molecule has 1 aromatic heterocycles. The van der Waals surface area contributed by atoms with E-state index in [0.29, 0.717) is 6.04 Å². The monoisotopic (exact) mass is 284 g/mol. The van der Waals surface area contributed by atoms with Crippen LogP contribution in [0, 0.1) is 17.2 Å². The largest absolute Gasteiger partial charge is 0.374 e. The number of hydrogen-bond donors (Lipinski definition) is 1. The van der Waals surface area contributed by atoms with Gasteiger partial charge in [0.2, 0.25) is 0 Å². The lowest BCUT2D eigenvalue weighted by atomic mass is 9.87. The van der Waals surface area contributed by atoms with Crippen molar-refractivity contribution in [2.24, 2.45) is 5.92 Å². The molecule has 0 spiro atoms. The zero-order valence-electron chi connectivity index (χ0n) is 8.37. The van der Waals surface area contributed by atoms with E-state index in [-0.39, 0.29) is 5.92 Å². The molecule has 0 amide bonds. The molecule has 80 valence electrons. The van der Waals surface area contributed by atoms with Crippen molar-refractivity contribution in [1.29, 1.82) is 5.26 Å². The van der Waals surface area contributed by atoms with Gasteiger partial charge in [0.15, 0.2) is 0 Å². The topological polar surface area (TPSA) is 35.8 Å². The molecule has 15 heavy (non-hydrogen) atoms. The highest BCUT2D eigenvalue weighted by molar-refractivity contribution is 9.10. The second-order valence-electron chi connectivity index (χ2n) is 3.95. The molecule has 1 heterocycles. The Morgan fingerprint density at radius 3 is 2.67 bits per heavy atom. The third-order valence-electron chi connectivity index (χ3n) is 2.82. The van der Waals surface area contributed by atoms with Gasteiger partial charge in [-0.25, -0.2) is 0 Å². The lowest BCUT2D eigenvalue weighted by molar-refractivity contribution is 0.398. The van der Waals surface area contributed by atoms with Crippen molar-refractivity contribution in [2.45, 2.75) is 31.7 Å². The van der Waals surface area contributed by atoms with Gasteiger partial charge < -0.3 is 5.32 Å². The molecule has 4 heteroatoms. The van der Waals surface area contributed by atoms with E-state index in [9.17, 15) is 0 Å². The lowest BCUT2D eigenvalue weighted by Crippen LogP contribution is -2.25. The number of anilines is 1. The molecule has 1 N–H and O–H groups in total. The number of halogens is 1. The summed E-state index contributed by atoms with van der Waals surface area (Å²) in [7, 11) is 0. The van der Waals surface area contributed by atoms with Crippen LogP contribution in [0.2, 0.25) is 0 Å². The lowest BCUT2D eigenvalue weighted by Gasteiger charge is -2.25. The molecule has 1 aliphatic carbocycles. The van der Waals surface area contributed by atoms with Crippen molar-refractivity contribution < 1.29 is 0 Å². The standard InChI is InChI=1S/C11H13BrN2S/c12-9-5-11(15-7-9)14-10-3-1-8(6-13)2-4-10/h5,7-8,10,14H,1-4H2. The molecule has 0 atom stereocenters. The van der Waals surface area contributed by atoms with E-state index in [1.54, 1.807) is 11.3 Å². The molecule has 2 nitrogen and oxygen atoms in total. The van der Waals surface area contributed by atoms with E-state index in [1.165, 1.54) is 5.00 Å². The molecule has 0 bridgehead atoms. The number of nitrogens with zero attached hydrogens (tertiary/aromatic N) is 1. The number of nitriles is 1. The van der Waals surface area contributed by atoms with Crippen LogP contribution in [0.25, 0.3) is 0 Å². The summed E-state index contributed by atoms with van der Waals surface area (Å²) >= 11 is 5.17. The first-order valence-electron chi connectivity index (χ1n) is 5.18. The highest BCUT2D eigenvalue weighted by atomic mass is 79.9. The first-order valence-corrected chi connectivity index (χ1v) is 6.85. The molecule has 0 unspecified atom stereocenters. The van der Waals surface area contributed by atoms with E-state index in [0.717, 1.165) is 30.2 Å². The highest BCUT2D eigenvalue weighted by Gasteiger charge is 2.20. The molecule has 2 rings (SSSR count). The summed E-state index contributed by atoms with van der Waals surface area (Å²) in [5.41, 5.74) is 0. The predicted molar refractivity (Wildman–Crippen MR) is 67.0 cm³/mol. The van der Waals surface area contributed by atoms with E-state index in [2.05, 4.69) is 38.8 Å². The normalized spacial score (nSPS) is 25.9. The molecule has 1 fully saturated rings. The average Bonchev–Trinajstić information content (AvgIpc) is 2.65. The molecule has 1 aromatic rings. The predicted octanol–water partition coefficient (Wildman–Crippen LogP) is 4.00. The van der Waals surface area contributed by atoms with Crippen molar-refractivity contribution in [2.75, 3.05) is 5.32 Å². The zero-order valence-corrected chi connectivity index (χ0v) is 10.8. The van der Waals surface area contributed by atoms with Crippen LogP contribution < -0.4 is 5.32 Å². The van der Waals surface area contributed by atoms with Crippen molar-refractivity contribution in [3.63, 3.8) is 0 Å². The first-order chi connectivity index (χ1) is 7.28. The Balaban J connectivity index is 1.85. The van der Waals surface area contributed by atoms with Crippen LogP contribution in [0.15, 0.2) is 15.9 Å². The second-order valence-corrected chi connectivity index (χ2v) is 5.78. The van der Waals surface area contributed by atoms with Crippen molar-refractivity contribution in [3.05, 3.63) is 15.9 Å². The molecule has 0 radical (unpaired) electrons. The van der Waals surface area contributed by atoms with Crippen molar-refractivity contribution in [1.82, 2.24) is 0 Å². The van der Waals surface area contributed by atoms with Gasteiger partial charge >= 0.3 is 0 Å². The maximum atomic E-state index is 8.80.